The predicted octanol–water partition coefficient (Wildman–Crippen LogP) is 0.793. The summed E-state index contributed by atoms with van der Waals surface area (Å²) in [5.41, 5.74) is 4.87. The van der Waals surface area contributed by atoms with Crippen molar-refractivity contribution in [3.63, 3.8) is 0 Å². The van der Waals surface area contributed by atoms with Crippen LogP contribution in [0.2, 0.25) is 0 Å². The number of fused-ring (bicyclic) bond motifs is 1. The second kappa shape index (κ2) is 4.42. The Bertz CT molecular complexity index is 537. The topological polar surface area (TPSA) is 80.5 Å². The second-order valence-corrected chi connectivity index (χ2v) is 4.24. The maximum atomic E-state index is 13.4. The van der Waals surface area contributed by atoms with Crippen LogP contribution in [0.15, 0.2) is 24.3 Å². The van der Waals surface area contributed by atoms with Crippen LogP contribution in [-0.2, 0) is 4.79 Å². The van der Waals surface area contributed by atoms with Gasteiger partial charge in [0.1, 0.15) is 0 Å². The molecule has 0 unspecified atom stereocenters. The van der Waals surface area contributed by atoms with Crippen LogP contribution in [0.25, 0.3) is 0 Å². The zero-order chi connectivity index (χ0) is 14.2. The molecule has 3 amide bonds. The molecule has 19 heavy (non-hydrogen) atoms. The minimum atomic E-state index is -3.53. The van der Waals surface area contributed by atoms with Crippen molar-refractivity contribution in [1.82, 2.24) is 4.90 Å². The first-order valence-electron chi connectivity index (χ1n) is 5.43. The molecule has 1 aliphatic rings. The third-order valence-electron chi connectivity index (χ3n) is 2.70. The Morgan fingerprint density at radius 1 is 1.16 bits per heavy atom. The zero-order valence-corrected chi connectivity index (χ0v) is 9.73. The van der Waals surface area contributed by atoms with Crippen molar-refractivity contribution < 1.29 is 23.2 Å². The van der Waals surface area contributed by atoms with Gasteiger partial charge in [0.05, 0.1) is 24.1 Å². The van der Waals surface area contributed by atoms with Gasteiger partial charge in [0.25, 0.3) is 17.7 Å². The summed E-state index contributed by atoms with van der Waals surface area (Å²) < 4.78 is 26.9. The predicted molar refractivity (Wildman–Crippen MR) is 60.6 cm³/mol. The van der Waals surface area contributed by atoms with E-state index in [0.29, 0.717) is 4.90 Å². The Hall–Kier alpha value is -2.31. The van der Waals surface area contributed by atoms with Gasteiger partial charge in [-0.2, -0.15) is 0 Å². The molecule has 1 aromatic rings. The van der Waals surface area contributed by atoms with Gasteiger partial charge in [-0.15, -0.1) is 0 Å². The fourth-order valence-corrected chi connectivity index (χ4v) is 1.92. The summed E-state index contributed by atoms with van der Waals surface area (Å²) in [6, 6.07) is 5.85. The van der Waals surface area contributed by atoms with E-state index in [9.17, 15) is 23.2 Å². The number of primary amides is 1. The molecule has 2 rings (SSSR count). The average molecular weight is 268 g/mol. The van der Waals surface area contributed by atoms with Crippen LogP contribution >= 0.6 is 0 Å². The normalized spacial score (nSPS) is 14.7. The fourth-order valence-electron chi connectivity index (χ4n) is 1.92. The van der Waals surface area contributed by atoms with Gasteiger partial charge in [0, 0.05) is 0 Å². The third-order valence-corrected chi connectivity index (χ3v) is 2.70. The quantitative estimate of drug-likeness (QED) is 0.820. The van der Waals surface area contributed by atoms with Crippen molar-refractivity contribution in [2.24, 2.45) is 5.73 Å². The van der Waals surface area contributed by atoms with Crippen molar-refractivity contribution >= 4 is 17.7 Å². The first-order valence-corrected chi connectivity index (χ1v) is 5.43. The van der Waals surface area contributed by atoms with Crippen molar-refractivity contribution in [3.8, 4) is 0 Å². The number of nitrogens with zero attached hydrogens (tertiary/aromatic N) is 1. The van der Waals surface area contributed by atoms with Crippen LogP contribution < -0.4 is 5.73 Å². The summed E-state index contributed by atoms with van der Waals surface area (Å²) in [6.07, 6.45) is -1.21. The Balaban J connectivity index is 2.23. The highest BCUT2D eigenvalue weighted by molar-refractivity contribution is 6.21. The van der Waals surface area contributed by atoms with Crippen LogP contribution in [0.1, 0.15) is 27.1 Å². The van der Waals surface area contributed by atoms with Gasteiger partial charge >= 0.3 is 0 Å². The first-order chi connectivity index (χ1) is 8.82. The monoisotopic (exact) mass is 268 g/mol. The number of rotatable bonds is 4. The summed E-state index contributed by atoms with van der Waals surface area (Å²) in [5.74, 6) is -6.30. The van der Waals surface area contributed by atoms with Crippen molar-refractivity contribution in [2.45, 2.75) is 12.3 Å². The van der Waals surface area contributed by atoms with E-state index in [2.05, 4.69) is 0 Å². The molecule has 0 atom stereocenters. The molecule has 1 heterocycles. The van der Waals surface area contributed by atoms with Gasteiger partial charge in [-0.1, -0.05) is 12.1 Å². The highest BCUT2D eigenvalue weighted by Gasteiger charge is 2.42. The minimum Gasteiger partial charge on any atom is -0.369 e. The SMILES string of the molecule is NC(=O)CC(F)(F)CN1C(=O)c2ccccc2C1=O. The highest BCUT2D eigenvalue weighted by Crippen LogP contribution is 2.27. The fraction of sp³-hybridized carbons (Fsp3) is 0.250. The van der Waals surface area contributed by atoms with E-state index in [1.165, 1.54) is 24.3 Å². The molecule has 0 fully saturated rings. The summed E-state index contributed by atoms with van der Waals surface area (Å²) in [7, 11) is 0. The number of nitrogens with two attached hydrogens (primary N) is 1. The van der Waals surface area contributed by atoms with Gasteiger partial charge in [-0.05, 0) is 12.1 Å². The molecule has 2 N–H and O–H groups in total. The molecule has 0 saturated carbocycles. The van der Waals surface area contributed by atoms with Gasteiger partial charge in [-0.3, -0.25) is 19.3 Å². The van der Waals surface area contributed by atoms with E-state index >= 15 is 0 Å². The molecule has 1 aliphatic heterocycles. The molecule has 0 bridgehead atoms. The van der Waals surface area contributed by atoms with E-state index in [1.54, 1.807) is 0 Å². The molecule has 0 spiro atoms. The number of alkyl halides is 2. The lowest BCUT2D eigenvalue weighted by atomic mass is 10.1. The number of carbonyl (C=O) groups is 3. The van der Waals surface area contributed by atoms with Crippen LogP contribution in [-0.4, -0.2) is 35.1 Å². The second-order valence-electron chi connectivity index (χ2n) is 4.24. The molecule has 100 valence electrons. The lowest BCUT2D eigenvalue weighted by Crippen LogP contribution is -2.42. The van der Waals surface area contributed by atoms with Crippen LogP contribution in [0.5, 0.6) is 0 Å². The van der Waals surface area contributed by atoms with Crippen LogP contribution in [0.3, 0.4) is 0 Å². The van der Waals surface area contributed by atoms with E-state index in [1.807, 2.05) is 0 Å². The number of benzene rings is 1. The van der Waals surface area contributed by atoms with Crippen molar-refractivity contribution in [3.05, 3.63) is 35.4 Å². The number of imide groups is 1. The number of carbonyl (C=O) groups excluding carboxylic acids is 3. The van der Waals surface area contributed by atoms with E-state index in [-0.39, 0.29) is 11.1 Å². The number of hydrogen-bond donors (Lipinski definition) is 1. The largest absolute Gasteiger partial charge is 0.369 e. The molecular formula is C12H10F2N2O3. The standard InChI is InChI=1S/C12H10F2N2O3/c13-12(14,5-9(15)17)6-16-10(18)7-3-1-2-4-8(7)11(16)19/h1-4H,5-6H2,(H2,15,17). The number of halogens is 2. The molecule has 0 saturated heterocycles. The Morgan fingerprint density at radius 3 is 2.05 bits per heavy atom. The summed E-state index contributed by atoms with van der Waals surface area (Å²) >= 11 is 0. The average Bonchev–Trinajstić information content (AvgIpc) is 2.53. The molecule has 5 nitrogen and oxygen atoms in total. The maximum Gasteiger partial charge on any atom is 0.274 e. The summed E-state index contributed by atoms with van der Waals surface area (Å²) in [5, 5.41) is 0. The van der Waals surface area contributed by atoms with Crippen LogP contribution in [0.4, 0.5) is 8.78 Å². The summed E-state index contributed by atoms with van der Waals surface area (Å²) in [6.45, 7) is -1.15. The Kier molecular flexibility index (Phi) is 3.05. The first kappa shape index (κ1) is 13.1. The lowest BCUT2D eigenvalue weighted by Gasteiger charge is -2.20. The van der Waals surface area contributed by atoms with Crippen molar-refractivity contribution in [2.75, 3.05) is 6.54 Å². The third kappa shape index (κ3) is 2.44. The van der Waals surface area contributed by atoms with Gasteiger partial charge in [0.15, 0.2) is 0 Å². The molecule has 0 aromatic heterocycles. The molecular weight excluding hydrogens is 258 g/mol. The smallest absolute Gasteiger partial charge is 0.274 e. The van der Waals surface area contributed by atoms with E-state index in [4.69, 9.17) is 5.73 Å². The van der Waals surface area contributed by atoms with Crippen molar-refractivity contribution in [1.29, 1.82) is 0 Å². The maximum absolute atomic E-state index is 13.4. The van der Waals surface area contributed by atoms with E-state index < -0.39 is 36.6 Å². The van der Waals surface area contributed by atoms with Gasteiger partial charge in [0.2, 0.25) is 5.91 Å². The van der Waals surface area contributed by atoms with Gasteiger partial charge < -0.3 is 5.73 Å². The van der Waals surface area contributed by atoms with E-state index in [0.717, 1.165) is 0 Å². The molecule has 0 radical (unpaired) electrons. The van der Waals surface area contributed by atoms with Gasteiger partial charge in [-0.25, -0.2) is 8.78 Å². The molecule has 0 aliphatic carbocycles. The number of hydrogen-bond acceptors (Lipinski definition) is 3. The van der Waals surface area contributed by atoms with Crippen LogP contribution in [0, 0.1) is 0 Å². The molecule has 1 aromatic carbocycles. The Labute approximate surface area is 107 Å². The Morgan fingerprint density at radius 2 is 1.63 bits per heavy atom. The lowest BCUT2D eigenvalue weighted by molar-refractivity contribution is -0.125. The highest BCUT2D eigenvalue weighted by atomic mass is 19.3. The summed E-state index contributed by atoms with van der Waals surface area (Å²) in [4.78, 5) is 34.6. The minimum absolute atomic E-state index is 0.0855. The zero-order valence-electron chi connectivity index (χ0n) is 9.73. The molecule has 7 heteroatoms. The number of amides is 3.